The Balaban J connectivity index is 1.77. The Morgan fingerprint density at radius 2 is 1.88 bits per heavy atom. The lowest BCUT2D eigenvalue weighted by atomic mass is 9.95. The number of amides is 3. The van der Waals surface area contributed by atoms with E-state index in [0.717, 1.165) is 57.5 Å². The molecule has 2 aliphatic heterocycles. The van der Waals surface area contributed by atoms with Crippen molar-refractivity contribution in [2.75, 3.05) is 63.2 Å². The van der Waals surface area contributed by atoms with Crippen LogP contribution in [0.5, 0.6) is 0 Å². The highest BCUT2D eigenvalue weighted by atomic mass is 16.2. The number of piperidine rings is 1. The maximum atomic E-state index is 13.4. The number of anilines is 2. The molecule has 8 nitrogen and oxygen atoms in total. The zero-order valence-corrected chi connectivity index (χ0v) is 19.9. The molecule has 1 saturated heterocycles. The van der Waals surface area contributed by atoms with E-state index in [2.05, 4.69) is 29.0 Å². The van der Waals surface area contributed by atoms with E-state index in [1.54, 1.807) is 25.1 Å². The largest absolute Gasteiger partial charge is 0.358 e. The highest BCUT2D eigenvalue weighted by Gasteiger charge is 2.40. The van der Waals surface area contributed by atoms with Crippen LogP contribution in [0.1, 0.15) is 49.9 Å². The van der Waals surface area contributed by atoms with Crippen LogP contribution in [0.3, 0.4) is 0 Å². The molecule has 0 bridgehead atoms. The summed E-state index contributed by atoms with van der Waals surface area (Å²) in [6.45, 7) is 8.56. The van der Waals surface area contributed by atoms with Crippen LogP contribution in [0.2, 0.25) is 0 Å². The lowest BCUT2D eigenvalue weighted by molar-refractivity contribution is -0.125. The van der Waals surface area contributed by atoms with Gasteiger partial charge in [0.15, 0.2) is 0 Å². The number of hydrogen-bond donors (Lipinski definition) is 1. The molecule has 0 spiro atoms. The van der Waals surface area contributed by atoms with Gasteiger partial charge >= 0.3 is 0 Å². The summed E-state index contributed by atoms with van der Waals surface area (Å²) in [5, 5.41) is 2.96. The number of hydrogen-bond acceptors (Lipinski definition) is 5. The monoisotopic (exact) mass is 443 g/mol. The van der Waals surface area contributed by atoms with E-state index in [9.17, 15) is 14.4 Å². The van der Waals surface area contributed by atoms with Crippen molar-refractivity contribution in [2.45, 2.75) is 45.6 Å². The summed E-state index contributed by atoms with van der Waals surface area (Å²) in [5.74, 6) is -0.343. The standard InChI is InChI=1S/C24H37N5O3/c1-5-27(6-2)14-9-13-25-22(30)17-29-21-16-18(23(31)26(3)4)11-12-19(21)28-15-8-7-10-20(28)24(29)32/h11-12,16,20H,5-10,13-15,17H2,1-4H3,(H,25,30)/t20-/m1/s1. The first kappa shape index (κ1) is 24.0. The van der Waals surface area contributed by atoms with E-state index >= 15 is 0 Å². The second kappa shape index (κ2) is 10.8. The minimum Gasteiger partial charge on any atom is -0.358 e. The highest BCUT2D eigenvalue weighted by Crippen LogP contribution is 2.40. The predicted molar refractivity (Wildman–Crippen MR) is 127 cm³/mol. The predicted octanol–water partition coefficient (Wildman–Crippen LogP) is 1.94. The van der Waals surface area contributed by atoms with Crippen LogP contribution >= 0.6 is 0 Å². The Hall–Kier alpha value is -2.61. The smallest absolute Gasteiger partial charge is 0.253 e. The lowest BCUT2D eigenvalue weighted by Crippen LogP contribution is -2.57. The maximum Gasteiger partial charge on any atom is 0.253 e. The van der Waals surface area contributed by atoms with Crippen LogP contribution in [-0.2, 0) is 9.59 Å². The van der Waals surface area contributed by atoms with Gasteiger partial charge in [0.25, 0.3) is 5.91 Å². The topological polar surface area (TPSA) is 76.2 Å². The van der Waals surface area contributed by atoms with Gasteiger partial charge in [-0.1, -0.05) is 13.8 Å². The fourth-order valence-corrected chi connectivity index (χ4v) is 4.58. The number of carbonyl (C=O) groups excluding carboxylic acids is 3. The van der Waals surface area contributed by atoms with Crippen LogP contribution in [-0.4, -0.2) is 86.9 Å². The van der Waals surface area contributed by atoms with Crippen LogP contribution in [0.15, 0.2) is 18.2 Å². The third-order valence-corrected chi connectivity index (χ3v) is 6.45. The summed E-state index contributed by atoms with van der Waals surface area (Å²) in [6, 6.07) is 5.26. The third-order valence-electron chi connectivity index (χ3n) is 6.45. The van der Waals surface area contributed by atoms with E-state index in [1.807, 2.05) is 12.1 Å². The zero-order chi connectivity index (χ0) is 23.3. The molecule has 0 radical (unpaired) electrons. The molecule has 0 saturated carbocycles. The van der Waals surface area contributed by atoms with Gasteiger partial charge in [-0.3, -0.25) is 19.3 Å². The van der Waals surface area contributed by atoms with E-state index in [0.29, 0.717) is 17.8 Å². The second-order valence-corrected chi connectivity index (χ2v) is 8.76. The second-order valence-electron chi connectivity index (χ2n) is 8.76. The van der Waals surface area contributed by atoms with E-state index in [4.69, 9.17) is 0 Å². The number of carbonyl (C=O) groups is 3. The molecule has 1 N–H and O–H groups in total. The van der Waals surface area contributed by atoms with Gasteiger partial charge < -0.3 is 20.0 Å². The molecule has 1 aromatic carbocycles. The lowest BCUT2D eigenvalue weighted by Gasteiger charge is -2.45. The molecule has 8 heteroatoms. The maximum absolute atomic E-state index is 13.4. The highest BCUT2D eigenvalue weighted by molar-refractivity contribution is 6.09. The molecule has 1 aromatic rings. The van der Waals surface area contributed by atoms with Crippen LogP contribution in [0.25, 0.3) is 0 Å². The Morgan fingerprint density at radius 3 is 2.56 bits per heavy atom. The van der Waals surface area contributed by atoms with Gasteiger partial charge in [-0.05, 0) is 63.5 Å². The number of rotatable bonds is 9. The van der Waals surface area contributed by atoms with Gasteiger partial charge in [-0.15, -0.1) is 0 Å². The molecule has 3 amide bonds. The average molecular weight is 444 g/mol. The molecule has 32 heavy (non-hydrogen) atoms. The molecule has 0 unspecified atom stereocenters. The van der Waals surface area contributed by atoms with E-state index in [1.165, 1.54) is 4.90 Å². The number of nitrogens with one attached hydrogen (secondary N) is 1. The van der Waals surface area contributed by atoms with Gasteiger partial charge in [-0.25, -0.2) is 0 Å². The molecule has 1 fully saturated rings. The Morgan fingerprint density at radius 1 is 1.12 bits per heavy atom. The summed E-state index contributed by atoms with van der Waals surface area (Å²) >= 11 is 0. The van der Waals surface area contributed by atoms with Crippen molar-refractivity contribution in [3.8, 4) is 0 Å². The average Bonchev–Trinajstić information content (AvgIpc) is 2.81. The van der Waals surface area contributed by atoms with E-state index < -0.39 is 0 Å². The van der Waals surface area contributed by atoms with Crippen molar-refractivity contribution in [2.24, 2.45) is 0 Å². The number of benzene rings is 1. The first-order chi connectivity index (χ1) is 15.4. The molecule has 3 rings (SSSR count). The number of fused-ring (bicyclic) bond motifs is 3. The fraction of sp³-hybridized carbons (Fsp3) is 0.625. The molecular weight excluding hydrogens is 406 g/mol. The SMILES string of the molecule is CCN(CC)CCCNC(=O)CN1C(=O)[C@H]2CCCCN2c2ccc(C(=O)N(C)C)cc21. The van der Waals surface area contributed by atoms with Crippen molar-refractivity contribution in [3.05, 3.63) is 23.8 Å². The molecule has 1 atom stereocenters. The van der Waals surface area contributed by atoms with Crippen LogP contribution < -0.4 is 15.1 Å². The van der Waals surface area contributed by atoms with Crippen molar-refractivity contribution in [1.82, 2.24) is 15.1 Å². The first-order valence-corrected chi connectivity index (χ1v) is 11.8. The first-order valence-electron chi connectivity index (χ1n) is 11.8. The molecule has 176 valence electrons. The molecule has 2 aliphatic rings. The zero-order valence-electron chi connectivity index (χ0n) is 19.9. The fourth-order valence-electron chi connectivity index (χ4n) is 4.58. The third kappa shape index (κ3) is 5.23. The van der Waals surface area contributed by atoms with Gasteiger partial charge in [-0.2, -0.15) is 0 Å². The van der Waals surface area contributed by atoms with Crippen molar-refractivity contribution >= 4 is 29.1 Å². The quantitative estimate of drug-likeness (QED) is 0.591. The van der Waals surface area contributed by atoms with Gasteiger partial charge in [0.05, 0.1) is 11.4 Å². The normalized spacial score (nSPS) is 17.8. The van der Waals surface area contributed by atoms with Gasteiger partial charge in [0.1, 0.15) is 12.6 Å². The Bertz CT molecular complexity index is 837. The Kier molecular flexibility index (Phi) is 8.12. The van der Waals surface area contributed by atoms with Gasteiger partial charge in [0.2, 0.25) is 11.8 Å². The molecular formula is C24H37N5O3. The van der Waals surface area contributed by atoms with Crippen LogP contribution in [0.4, 0.5) is 11.4 Å². The summed E-state index contributed by atoms with van der Waals surface area (Å²) in [4.78, 5) is 46.2. The number of nitrogens with zero attached hydrogens (tertiary/aromatic N) is 4. The summed E-state index contributed by atoms with van der Waals surface area (Å²) in [6.07, 6.45) is 3.70. The van der Waals surface area contributed by atoms with Crippen molar-refractivity contribution in [1.29, 1.82) is 0 Å². The van der Waals surface area contributed by atoms with Gasteiger partial charge in [0, 0.05) is 32.7 Å². The molecule has 0 aromatic heterocycles. The minimum atomic E-state index is -0.234. The summed E-state index contributed by atoms with van der Waals surface area (Å²) in [7, 11) is 3.41. The summed E-state index contributed by atoms with van der Waals surface area (Å²) < 4.78 is 0. The van der Waals surface area contributed by atoms with Crippen LogP contribution in [0, 0.1) is 0 Å². The van der Waals surface area contributed by atoms with Crippen molar-refractivity contribution < 1.29 is 14.4 Å². The Labute approximate surface area is 191 Å². The molecule has 2 heterocycles. The minimum absolute atomic E-state index is 0.0267. The van der Waals surface area contributed by atoms with E-state index in [-0.39, 0.29) is 30.3 Å². The molecule has 0 aliphatic carbocycles. The van der Waals surface area contributed by atoms with Crippen molar-refractivity contribution in [3.63, 3.8) is 0 Å². The summed E-state index contributed by atoms with van der Waals surface area (Å²) in [5.41, 5.74) is 2.10.